The van der Waals surface area contributed by atoms with E-state index >= 15 is 0 Å². The van der Waals surface area contributed by atoms with E-state index in [-0.39, 0.29) is 10.7 Å². The molecule has 0 bridgehead atoms. The molecule has 0 aliphatic carbocycles. The number of nitrogens with zero attached hydrogens (tertiary/aromatic N) is 2. The molecule has 0 saturated heterocycles. The number of anilines is 3. The molecule has 0 saturated carbocycles. The smallest absolute Gasteiger partial charge is 0.354 e. The van der Waals surface area contributed by atoms with Gasteiger partial charge in [-0.15, -0.1) is 0 Å². The zero-order valence-electron chi connectivity index (χ0n) is 13.3. The van der Waals surface area contributed by atoms with Crippen molar-refractivity contribution in [1.82, 2.24) is 9.97 Å². The normalized spacial score (nSPS) is 11.6. The van der Waals surface area contributed by atoms with Crippen LogP contribution in [0.1, 0.15) is 25.8 Å². The molecular formula is C16H18ClF3N4. The highest BCUT2D eigenvalue weighted by Gasteiger charge is 2.31. The first-order valence-corrected chi connectivity index (χ1v) is 7.84. The number of halogens is 4. The van der Waals surface area contributed by atoms with E-state index < -0.39 is 11.7 Å². The minimum absolute atomic E-state index is 0.137. The molecule has 0 aliphatic rings. The average molecular weight is 359 g/mol. The predicted octanol–water partition coefficient (Wildman–Crippen LogP) is 5.35. The van der Waals surface area contributed by atoms with Crippen LogP contribution in [0.5, 0.6) is 0 Å². The van der Waals surface area contributed by atoms with E-state index in [2.05, 4.69) is 34.4 Å². The number of aromatic nitrogens is 2. The van der Waals surface area contributed by atoms with Crippen LogP contribution in [0.25, 0.3) is 0 Å². The van der Waals surface area contributed by atoms with Crippen LogP contribution >= 0.6 is 11.6 Å². The molecule has 0 fully saturated rings. The Bertz CT molecular complexity index is 689. The van der Waals surface area contributed by atoms with E-state index in [9.17, 15) is 13.2 Å². The lowest BCUT2D eigenvalue weighted by atomic mass is 10.1. The fourth-order valence-corrected chi connectivity index (χ4v) is 2.09. The van der Waals surface area contributed by atoms with E-state index in [0.717, 1.165) is 18.6 Å². The molecule has 1 aromatic heterocycles. The van der Waals surface area contributed by atoms with Crippen LogP contribution in [0.2, 0.25) is 5.02 Å². The average Bonchev–Trinajstić information content (AvgIpc) is 2.48. The maximum atomic E-state index is 12.8. The van der Waals surface area contributed by atoms with Crippen molar-refractivity contribution >= 4 is 29.1 Å². The standard InChI is InChI=1S/C16H18ClF3N4/c1-10(2)5-7-21-15-22-8-6-14(24-15)23-13-9-11(16(18,19)20)3-4-12(13)17/h3-4,6,8-10H,5,7H2,1-2H3,(H2,21,22,23,24). The summed E-state index contributed by atoms with van der Waals surface area (Å²) in [5, 5.41) is 6.06. The van der Waals surface area contributed by atoms with Gasteiger partial charge in [0.2, 0.25) is 5.95 Å². The van der Waals surface area contributed by atoms with Gasteiger partial charge in [-0.25, -0.2) is 4.98 Å². The van der Waals surface area contributed by atoms with Gasteiger partial charge in [0.25, 0.3) is 0 Å². The van der Waals surface area contributed by atoms with E-state index in [0.29, 0.717) is 24.2 Å². The van der Waals surface area contributed by atoms with Gasteiger partial charge in [-0.2, -0.15) is 18.2 Å². The molecule has 0 radical (unpaired) electrons. The maximum absolute atomic E-state index is 12.8. The lowest BCUT2D eigenvalue weighted by Crippen LogP contribution is -2.09. The molecule has 0 unspecified atom stereocenters. The van der Waals surface area contributed by atoms with Gasteiger partial charge >= 0.3 is 6.18 Å². The quantitative estimate of drug-likeness (QED) is 0.730. The van der Waals surface area contributed by atoms with Crippen LogP contribution in [-0.4, -0.2) is 16.5 Å². The second-order valence-electron chi connectivity index (χ2n) is 5.69. The highest BCUT2D eigenvalue weighted by molar-refractivity contribution is 6.33. The second kappa shape index (κ2) is 7.70. The summed E-state index contributed by atoms with van der Waals surface area (Å²) >= 11 is 5.97. The first-order chi connectivity index (χ1) is 11.3. The van der Waals surface area contributed by atoms with Crippen molar-refractivity contribution in [3.8, 4) is 0 Å². The molecule has 130 valence electrons. The van der Waals surface area contributed by atoms with Crippen molar-refractivity contribution in [1.29, 1.82) is 0 Å². The molecule has 4 nitrogen and oxygen atoms in total. The lowest BCUT2D eigenvalue weighted by Gasteiger charge is -2.13. The molecule has 2 rings (SSSR count). The summed E-state index contributed by atoms with van der Waals surface area (Å²) < 4.78 is 38.4. The van der Waals surface area contributed by atoms with Crippen LogP contribution in [-0.2, 0) is 6.18 Å². The SMILES string of the molecule is CC(C)CCNc1nccc(Nc2cc(C(F)(F)F)ccc2Cl)n1. The van der Waals surface area contributed by atoms with Crippen molar-refractivity contribution < 1.29 is 13.2 Å². The van der Waals surface area contributed by atoms with Gasteiger partial charge in [0.05, 0.1) is 16.3 Å². The van der Waals surface area contributed by atoms with Crippen LogP contribution < -0.4 is 10.6 Å². The number of rotatable bonds is 6. The largest absolute Gasteiger partial charge is 0.416 e. The topological polar surface area (TPSA) is 49.8 Å². The molecule has 0 atom stereocenters. The summed E-state index contributed by atoms with van der Waals surface area (Å²) in [6, 6.07) is 4.66. The zero-order chi connectivity index (χ0) is 17.7. The van der Waals surface area contributed by atoms with Crippen LogP contribution in [0, 0.1) is 5.92 Å². The Hall–Kier alpha value is -2.02. The van der Waals surface area contributed by atoms with Crippen LogP contribution in [0.15, 0.2) is 30.5 Å². The Kier molecular flexibility index (Phi) is 5.88. The van der Waals surface area contributed by atoms with E-state index in [1.165, 1.54) is 12.3 Å². The molecule has 24 heavy (non-hydrogen) atoms. The number of nitrogens with one attached hydrogen (secondary N) is 2. The molecule has 1 aromatic carbocycles. The fraction of sp³-hybridized carbons (Fsp3) is 0.375. The predicted molar refractivity (Wildman–Crippen MR) is 89.7 cm³/mol. The van der Waals surface area contributed by atoms with E-state index in [4.69, 9.17) is 11.6 Å². The summed E-state index contributed by atoms with van der Waals surface area (Å²) in [4.78, 5) is 8.31. The highest BCUT2D eigenvalue weighted by Crippen LogP contribution is 2.34. The molecule has 0 amide bonds. The van der Waals surface area contributed by atoms with Crippen LogP contribution in [0.4, 0.5) is 30.6 Å². The summed E-state index contributed by atoms with van der Waals surface area (Å²) in [6.45, 7) is 4.93. The van der Waals surface area contributed by atoms with Crippen molar-refractivity contribution in [2.45, 2.75) is 26.4 Å². The highest BCUT2D eigenvalue weighted by atomic mass is 35.5. The number of hydrogen-bond acceptors (Lipinski definition) is 4. The molecule has 1 heterocycles. The van der Waals surface area contributed by atoms with Crippen molar-refractivity contribution in [3.63, 3.8) is 0 Å². The summed E-state index contributed by atoms with van der Waals surface area (Å²) in [5.74, 6) is 1.31. The Labute approximate surface area is 143 Å². The fourth-order valence-electron chi connectivity index (χ4n) is 1.92. The van der Waals surface area contributed by atoms with Crippen molar-refractivity contribution in [2.75, 3.05) is 17.2 Å². The maximum Gasteiger partial charge on any atom is 0.416 e. The van der Waals surface area contributed by atoms with Gasteiger partial charge in [0.1, 0.15) is 5.82 Å². The Morgan fingerprint density at radius 2 is 1.96 bits per heavy atom. The van der Waals surface area contributed by atoms with Gasteiger partial charge in [-0.05, 0) is 36.6 Å². The molecular weight excluding hydrogens is 341 g/mol. The number of alkyl halides is 3. The van der Waals surface area contributed by atoms with E-state index in [1.54, 1.807) is 6.07 Å². The molecule has 0 spiro atoms. The lowest BCUT2D eigenvalue weighted by molar-refractivity contribution is -0.137. The molecule has 8 heteroatoms. The third kappa shape index (κ3) is 5.26. The summed E-state index contributed by atoms with van der Waals surface area (Å²) in [5.41, 5.74) is -0.642. The number of hydrogen-bond donors (Lipinski definition) is 2. The third-order valence-corrected chi connectivity index (χ3v) is 3.55. The minimum Gasteiger partial charge on any atom is -0.354 e. The molecule has 0 aliphatic heterocycles. The summed E-state index contributed by atoms with van der Waals surface area (Å²) in [7, 11) is 0. The van der Waals surface area contributed by atoms with Crippen molar-refractivity contribution in [3.05, 3.63) is 41.0 Å². The third-order valence-electron chi connectivity index (χ3n) is 3.22. The minimum atomic E-state index is -4.43. The van der Waals surface area contributed by atoms with Crippen LogP contribution in [0.3, 0.4) is 0 Å². The van der Waals surface area contributed by atoms with Gasteiger partial charge in [0, 0.05) is 12.7 Å². The Balaban J connectivity index is 2.13. The molecule has 2 aromatic rings. The van der Waals surface area contributed by atoms with Gasteiger partial charge in [-0.3, -0.25) is 0 Å². The van der Waals surface area contributed by atoms with Crippen molar-refractivity contribution in [2.24, 2.45) is 5.92 Å². The first-order valence-electron chi connectivity index (χ1n) is 7.46. The Morgan fingerprint density at radius 1 is 1.21 bits per heavy atom. The van der Waals surface area contributed by atoms with Gasteiger partial charge in [-0.1, -0.05) is 25.4 Å². The number of benzene rings is 1. The molecule has 2 N–H and O–H groups in total. The first kappa shape index (κ1) is 18.3. The Morgan fingerprint density at radius 3 is 2.62 bits per heavy atom. The summed E-state index contributed by atoms with van der Waals surface area (Å²) in [6.07, 6.45) is -1.95. The van der Waals surface area contributed by atoms with E-state index in [1.807, 2.05) is 0 Å². The zero-order valence-corrected chi connectivity index (χ0v) is 14.0. The van der Waals surface area contributed by atoms with Gasteiger partial charge in [0.15, 0.2) is 0 Å². The van der Waals surface area contributed by atoms with Gasteiger partial charge < -0.3 is 10.6 Å². The monoisotopic (exact) mass is 358 g/mol. The second-order valence-corrected chi connectivity index (χ2v) is 6.10.